The zero-order valence-electron chi connectivity index (χ0n) is 15.0. The average molecular weight is 403 g/mol. The van der Waals surface area contributed by atoms with E-state index in [1.165, 1.54) is 12.1 Å². The molecule has 7 nitrogen and oxygen atoms in total. The minimum Gasteiger partial charge on any atom is -0.484 e. The van der Waals surface area contributed by atoms with Crippen molar-refractivity contribution < 1.29 is 24.2 Å². The monoisotopic (exact) mass is 402 g/mol. The number of carbonyl (C=O) groups excluding carboxylic acids is 1. The molecule has 0 bridgehead atoms. The van der Waals surface area contributed by atoms with Crippen molar-refractivity contribution in [3.63, 3.8) is 0 Å². The zero-order chi connectivity index (χ0) is 19.9. The van der Waals surface area contributed by atoms with Crippen LogP contribution >= 0.6 is 11.6 Å². The summed E-state index contributed by atoms with van der Waals surface area (Å²) in [6.07, 6.45) is 1.61. The highest BCUT2D eigenvalue weighted by Crippen LogP contribution is 2.22. The fraction of sp³-hybridized carbons (Fsp3) is 0.250. The van der Waals surface area contributed by atoms with Gasteiger partial charge in [-0.2, -0.15) is 0 Å². The molecule has 2 aromatic carbocycles. The van der Waals surface area contributed by atoms with Crippen LogP contribution in [0.1, 0.15) is 15.9 Å². The van der Waals surface area contributed by atoms with Crippen LogP contribution in [0.5, 0.6) is 5.75 Å². The van der Waals surface area contributed by atoms with E-state index in [-0.39, 0.29) is 23.1 Å². The molecule has 0 saturated carbocycles. The van der Waals surface area contributed by atoms with Gasteiger partial charge in [0.15, 0.2) is 6.61 Å². The van der Waals surface area contributed by atoms with Gasteiger partial charge in [-0.1, -0.05) is 11.6 Å². The van der Waals surface area contributed by atoms with Gasteiger partial charge in [0.1, 0.15) is 5.75 Å². The Morgan fingerprint density at radius 3 is 2.57 bits per heavy atom. The second kappa shape index (κ2) is 9.34. The van der Waals surface area contributed by atoms with Crippen LogP contribution in [0.4, 0.5) is 5.69 Å². The van der Waals surface area contributed by atoms with Gasteiger partial charge < -0.3 is 19.5 Å². The number of morpholine rings is 1. The molecule has 0 aliphatic carbocycles. The molecule has 28 heavy (non-hydrogen) atoms. The first-order valence-corrected chi connectivity index (χ1v) is 9.06. The second-order valence-electron chi connectivity index (χ2n) is 6.08. The van der Waals surface area contributed by atoms with Gasteiger partial charge in [0.05, 0.1) is 29.5 Å². The molecule has 1 aliphatic rings. The number of carbonyl (C=O) groups is 2. The summed E-state index contributed by atoms with van der Waals surface area (Å²) in [7, 11) is 0. The summed E-state index contributed by atoms with van der Waals surface area (Å²) in [5.74, 6) is -0.584. The zero-order valence-corrected chi connectivity index (χ0v) is 15.8. The molecule has 1 heterocycles. The molecule has 3 rings (SSSR count). The summed E-state index contributed by atoms with van der Waals surface area (Å²) < 4.78 is 10.8. The first-order valence-electron chi connectivity index (χ1n) is 8.68. The normalized spacial score (nSPS) is 14.2. The highest BCUT2D eigenvalue weighted by Gasteiger charge is 2.17. The van der Waals surface area contributed by atoms with E-state index in [0.717, 1.165) is 5.56 Å². The molecule has 0 aromatic heterocycles. The Labute approximate surface area is 167 Å². The first-order chi connectivity index (χ1) is 13.5. The lowest BCUT2D eigenvalue weighted by molar-refractivity contribution is -0.137. The van der Waals surface area contributed by atoms with Crippen LogP contribution in [0.3, 0.4) is 0 Å². The summed E-state index contributed by atoms with van der Waals surface area (Å²) in [5, 5.41) is 9.26. The number of benzene rings is 2. The van der Waals surface area contributed by atoms with Crippen LogP contribution in [-0.2, 0) is 9.53 Å². The van der Waals surface area contributed by atoms with Gasteiger partial charge in [-0.25, -0.2) is 4.79 Å². The quantitative estimate of drug-likeness (QED) is 0.750. The number of halogens is 1. The predicted octanol–water partition coefficient (Wildman–Crippen LogP) is 3.03. The van der Waals surface area contributed by atoms with Crippen molar-refractivity contribution in [3.8, 4) is 5.75 Å². The summed E-state index contributed by atoms with van der Waals surface area (Å²) in [6.45, 7) is 2.27. The lowest BCUT2D eigenvalue weighted by atomic mass is 10.2. The molecule has 2 aromatic rings. The SMILES string of the molecule is O=C(O)c1cc(N=Cc2ccc(OCC(=O)N3CCOCC3)cc2)ccc1Cl. The van der Waals surface area contributed by atoms with Crippen molar-refractivity contribution in [1.82, 2.24) is 4.90 Å². The minimum atomic E-state index is -1.10. The summed E-state index contributed by atoms with van der Waals surface area (Å²) in [5.41, 5.74) is 1.29. The van der Waals surface area contributed by atoms with E-state index in [4.69, 9.17) is 26.2 Å². The highest BCUT2D eigenvalue weighted by atomic mass is 35.5. The van der Waals surface area contributed by atoms with Gasteiger partial charge in [0.2, 0.25) is 0 Å². The number of carboxylic acid groups (broad SMARTS) is 1. The maximum Gasteiger partial charge on any atom is 0.337 e. The van der Waals surface area contributed by atoms with Crippen LogP contribution in [0.25, 0.3) is 0 Å². The highest BCUT2D eigenvalue weighted by molar-refractivity contribution is 6.33. The van der Waals surface area contributed by atoms with E-state index in [1.807, 2.05) is 0 Å². The van der Waals surface area contributed by atoms with Crippen LogP contribution < -0.4 is 4.74 Å². The van der Waals surface area contributed by atoms with E-state index >= 15 is 0 Å². The molecular formula is C20H19ClN2O5. The van der Waals surface area contributed by atoms with Gasteiger partial charge in [0.25, 0.3) is 5.91 Å². The Kier molecular flexibility index (Phi) is 6.62. The van der Waals surface area contributed by atoms with Crippen molar-refractivity contribution in [2.24, 2.45) is 4.99 Å². The lowest BCUT2D eigenvalue weighted by Crippen LogP contribution is -2.42. The fourth-order valence-electron chi connectivity index (χ4n) is 2.61. The minimum absolute atomic E-state index is 0.00463. The molecule has 0 unspecified atom stereocenters. The maximum atomic E-state index is 12.1. The van der Waals surface area contributed by atoms with Gasteiger partial charge in [0, 0.05) is 19.3 Å². The predicted molar refractivity (Wildman–Crippen MR) is 105 cm³/mol. The third-order valence-electron chi connectivity index (χ3n) is 4.15. The van der Waals surface area contributed by atoms with Crippen LogP contribution in [0.2, 0.25) is 5.02 Å². The van der Waals surface area contributed by atoms with Gasteiger partial charge in [-0.05, 0) is 48.0 Å². The number of nitrogens with zero attached hydrogens (tertiary/aromatic N) is 2. The number of aromatic carboxylic acids is 1. The number of aliphatic imine (C=N–C) groups is 1. The topological polar surface area (TPSA) is 88.4 Å². The number of carboxylic acids is 1. The van der Waals surface area contributed by atoms with E-state index in [9.17, 15) is 9.59 Å². The number of rotatable bonds is 6. The average Bonchev–Trinajstić information content (AvgIpc) is 2.72. The molecule has 8 heteroatoms. The Morgan fingerprint density at radius 2 is 1.89 bits per heavy atom. The Hall–Kier alpha value is -2.90. The van der Waals surface area contributed by atoms with Crippen molar-refractivity contribution in [2.75, 3.05) is 32.9 Å². The molecule has 1 N–H and O–H groups in total. The number of hydrogen-bond donors (Lipinski definition) is 1. The first kappa shape index (κ1) is 19.9. The van der Waals surface area contributed by atoms with E-state index in [2.05, 4.69) is 4.99 Å². The van der Waals surface area contributed by atoms with Crippen LogP contribution in [0, 0.1) is 0 Å². The van der Waals surface area contributed by atoms with Crippen LogP contribution in [-0.4, -0.2) is 61.0 Å². The van der Waals surface area contributed by atoms with Gasteiger partial charge in [-0.15, -0.1) is 0 Å². The molecule has 1 fully saturated rings. The Balaban J connectivity index is 1.57. The second-order valence-corrected chi connectivity index (χ2v) is 6.49. The summed E-state index contributed by atoms with van der Waals surface area (Å²) in [6, 6.07) is 11.6. The number of amides is 1. The van der Waals surface area contributed by atoms with Gasteiger partial charge in [-0.3, -0.25) is 9.79 Å². The fourth-order valence-corrected chi connectivity index (χ4v) is 2.80. The molecule has 0 spiro atoms. The molecule has 0 atom stereocenters. The van der Waals surface area contributed by atoms with Crippen molar-refractivity contribution in [1.29, 1.82) is 0 Å². The molecule has 1 amide bonds. The summed E-state index contributed by atoms with van der Waals surface area (Å²) >= 11 is 5.85. The lowest BCUT2D eigenvalue weighted by Gasteiger charge is -2.26. The largest absolute Gasteiger partial charge is 0.484 e. The maximum absolute atomic E-state index is 12.1. The third kappa shape index (κ3) is 5.31. The Morgan fingerprint density at radius 1 is 1.18 bits per heavy atom. The van der Waals surface area contributed by atoms with Crippen molar-refractivity contribution >= 4 is 35.4 Å². The van der Waals surface area contributed by atoms with E-state index in [0.29, 0.717) is 37.7 Å². The van der Waals surface area contributed by atoms with E-state index < -0.39 is 5.97 Å². The van der Waals surface area contributed by atoms with Crippen molar-refractivity contribution in [3.05, 3.63) is 58.6 Å². The molecule has 146 valence electrons. The number of hydrogen-bond acceptors (Lipinski definition) is 5. The number of ether oxygens (including phenoxy) is 2. The van der Waals surface area contributed by atoms with E-state index in [1.54, 1.807) is 41.4 Å². The smallest absolute Gasteiger partial charge is 0.337 e. The molecule has 0 radical (unpaired) electrons. The molecular weight excluding hydrogens is 384 g/mol. The summed E-state index contributed by atoms with van der Waals surface area (Å²) in [4.78, 5) is 29.2. The Bertz CT molecular complexity index is 877. The molecule has 1 saturated heterocycles. The van der Waals surface area contributed by atoms with Crippen LogP contribution in [0.15, 0.2) is 47.5 Å². The third-order valence-corrected chi connectivity index (χ3v) is 4.48. The standard InChI is InChI=1S/C20H19ClN2O5/c21-18-6-3-15(11-17(18)20(25)26)22-12-14-1-4-16(5-2-14)28-13-19(24)23-7-9-27-10-8-23/h1-6,11-12H,7-10,13H2,(H,25,26). The molecule has 1 aliphatic heterocycles. The van der Waals surface area contributed by atoms with Crippen molar-refractivity contribution in [2.45, 2.75) is 0 Å². The van der Waals surface area contributed by atoms with Gasteiger partial charge >= 0.3 is 5.97 Å².